The Morgan fingerprint density at radius 3 is 2.42 bits per heavy atom. The van der Waals surface area contributed by atoms with Crippen LogP contribution in [0.4, 0.5) is 0 Å². The predicted octanol–water partition coefficient (Wildman–Crippen LogP) is 4.73. The number of benzene rings is 3. The Labute approximate surface area is 211 Å². The van der Waals surface area contributed by atoms with E-state index >= 15 is 0 Å². The molecule has 4 N–H and O–H groups in total. The van der Waals surface area contributed by atoms with Gasteiger partial charge in [-0.25, -0.2) is 0 Å². The van der Waals surface area contributed by atoms with E-state index in [0.717, 1.165) is 17.4 Å². The molecule has 4 aromatic rings. The van der Waals surface area contributed by atoms with Crippen LogP contribution in [0.1, 0.15) is 57.3 Å². The quantitative estimate of drug-likeness (QED) is 0.245. The number of hydrogen-bond acceptors (Lipinski definition) is 4. The molecule has 6 nitrogen and oxygen atoms in total. The number of Topliss-reactive ketones (excluding diaryl/α,β-unsaturated/α-hetero) is 1. The van der Waals surface area contributed by atoms with E-state index < -0.39 is 11.6 Å². The predicted molar refractivity (Wildman–Crippen MR) is 143 cm³/mol. The van der Waals surface area contributed by atoms with Crippen molar-refractivity contribution in [3.05, 3.63) is 107 Å². The van der Waals surface area contributed by atoms with Gasteiger partial charge in [0.25, 0.3) is 5.91 Å². The summed E-state index contributed by atoms with van der Waals surface area (Å²) in [4.78, 5) is 29.4. The Morgan fingerprint density at radius 2 is 1.72 bits per heavy atom. The van der Waals surface area contributed by atoms with Crippen molar-refractivity contribution in [3.63, 3.8) is 0 Å². The zero-order valence-corrected chi connectivity index (χ0v) is 21.0. The molecule has 0 bridgehead atoms. The molecule has 1 aromatic heterocycles. The van der Waals surface area contributed by atoms with Crippen molar-refractivity contribution in [1.29, 1.82) is 0 Å². The van der Waals surface area contributed by atoms with Crippen LogP contribution in [0.2, 0.25) is 0 Å². The Morgan fingerprint density at radius 1 is 1.00 bits per heavy atom. The number of rotatable bonds is 10. The molecular weight excluding hydrogens is 450 g/mol. The fourth-order valence-electron chi connectivity index (χ4n) is 4.15. The lowest BCUT2D eigenvalue weighted by Gasteiger charge is -2.18. The zero-order chi connectivity index (χ0) is 25.7. The van der Waals surface area contributed by atoms with Gasteiger partial charge < -0.3 is 20.7 Å². The number of hydrogen-bond donors (Lipinski definition) is 4. The number of nitrogens with one attached hydrogen (secondary N) is 3. The number of carbonyl (C=O) groups is 2. The van der Waals surface area contributed by atoms with Gasteiger partial charge in [0, 0.05) is 41.3 Å². The molecular formula is C30H33N3O3. The Balaban J connectivity index is 1.54. The van der Waals surface area contributed by atoms with E-state index in [4.69, 9.17) is 0 Å². The second kappa shape index (κ2) is 10.9. The molecule has 0 spiro atoms. The van der Waals surface area contributed by atoms with Gasteiger partial charge in [-0.1, -0.05) is 66.2 Å². The van der Waals surface area contributed by atoms with Crippen LogP contribution in [0.25, 0.3) is 10.9 Å². The fraction of sp³-hybridized carbons (Fsp3) is 0.267. The zero-order valence-electron chi connectivity index (χ0n) is 21.0. The number of aromatic amines is 1. The van der Waals surface area contributed by atoms with Gasteiger partial charge in [-0.05, 0) is 50.5 Å². The number of H-pyrrole nitrogens is 1. The van der Waals surface area contributed by atoms with E-state index in [2.05, 4.69) is 46.8 Å². The van der Waals surface area contributed by atoms with Crippen LogP contribution in [0.5, 0.6) is 0 Å². The van der Waals surface area contributed by atoms with Crippen molar-refractivity contribution >= 4 is 22.6 Å². The first-order chi connectivity index (χ1) is 17.2. The van der Waals surface area contributed by atoms with Gasteiger partial charge >= 0.3 is 0 Å². The minimum Gasteiger partial charge on any atom is -0.389 e. The summed E-state index contributed by atoms with van der Waals surface area (Å²) >= 11 is 0. The van der Waals surface area contributed by atoms with Gasteiger partial charge in [-0.2, -0.15) is 0 Å². The molecule has 0 fully saturated rings. The lowest BCUT2D eigenvalue weighted by Crippen LogP contribution is -2.38. The summed E-state index contributed by atoms with van der Waals surface area (Å²) < 4.78 is 0. The van der Waals surface area contributed by atoms with Crippen molar-refractivity contribution in [1.82, 2.24) is 15.6 Å². The molecule has 0 aliphatic carbocycles. The van der Waals surface area contributed by atoms with Gasteiger partial charge in [0.05, 0.1) is 11.6 Å². The number of amides is 1. The summed E-state index contributed by atoms with van der Waals surface area (Å²) in [7, 11) is 0. The topological polar surface area (TPSA) is 94.2 Å². The maximum absolute atomic E-state index is 13.7. The highest BCUT2D eigenvalue weighted by molar-refractivity contribution is 6.11. The van der Waals surface area contributed by atoms with Gasteiger partial charge in [0.2, 0.25) is 0 Å². The van der Waals surface area contributed by atoms with E-state index in [9.17, 15) is 14.7 Å². The number of ketones is 1. The molecule has 1 amide bonds. The SMILES string of the molecule is Cc1ccc(CCN[C@@H](C(=O)c2c[nH]c3cc(C(=O)NCC(C)(C)O)ccc23)c2ccccc2)cc1. The first kappa shape index (κ1) is 25.4. The van der Waals surface area contributed by atoms with Crippen LogP contribution in [0.3, 0.4) is 0 Å². The van der Waals surface area contributed by atoms with Crippen molar-refractivity contribution < 1.29 is 14.7 Å². The smallest absolute Gasteiger partial charge is 0.251 e. The Kier molecular flexibility index (Phi) is 7.67. The fourth-order valence-corrected chi connectivity index (χ4v) is 4.15. The van der Waals surface area contributed by atoms with E-state index in [0.29, 0.717) is 23.2 Å². The molecule has 3 aromatic carbocycles. The number of fused-ring (bicyclic) bond motifs is 1. The standard InChI is InChI=1S/C30H33N3O3/c1-20-9-11-21(12-10-20)15-16-31-27(22-7-5-4-6-8-22)28(34)25-18-32-26-17-23(13-14-24(25)26)29(35)33-19-30(2,3)36/h4-14,17-18,27,31-32,36H,15-16,19H2,1-3H3,(H,33,35)/t27-/m1/s1. The number of aliphatic hydroxyl groups is 1. The largest absolute Gasteiger partial charge is 0.389 e. The highest BCUT2D eigenvalue weighted by atomic mass is 16.3. The maximum Gasteiger partial charge on any atom is 0.251 e. The average Bonchev–Trinajstić information content (AvgIpc) is 3.29. The number of aromatic nitrogens is 1. The molecule has 0 saturated heterocycles. The third kappa shape index (κ3) is 6.27. The third-order valence-corrected chi connectivity index (χ3v) is 6.17. The highest BCUT2D eigenvalue weighted by Crippen LogP contribution is 2.26. The van der Waals surface area contributed by atoms with Gasteiger partial charge in [-0.3, -0.25) is 9.59 Å². The van der Waals surface area contributed by atoms with Crippen LogP contribution in [0, 0.1) is 6.92 Å². The second-order valence-electron chi connectivity index (χ2n) is 9.86. The lowest BCUT2D eigenvalue weighted by atomic mass is 9.96. The van der Waals surface area contributed by atoms with E-state index in [1.54, 1.807) is 38.2 Å². The van der Waals surface area contributed by atoms with Crippen LogP contribution < -0.4 is 10.6 Å². The first-order valence-corrected chi connectivity index (χ1v) is 12.2. The summed E-state index contributed by atoms with van der Waals surface area (Å²) in [5.41, 5.74) is 4.10. The molecule has 0 aliphatic rings. The van der Waals surface area contributed by atoms with E-state index in [1.165, 1.54) is 11.1 Å². The summed E-state index contributed by atoms with van der Waals surface area (Å²) in [5, 5.41) is 16.8. The number of carbonyl (C=O) groups excluding carboxylic acids is 2. The number of aryl methyl sites for hydroxylation is 1. The van der Waals surface area contributed by atoms with Gasteiger partial charge in [-0.15, -0.1) is 0 Å². The van der Waals surface area contributed by atoms with Crippen LogP contribution >= 0.6 is 0 Å². The normalized spacial score (nSPS) is 12.4. The molecule has 0 unspecified atom stereocenters. The first-order valence-electron chi connectivity index (χ1n) is 12.2. The maximum atomic E-state index is 13.7. The van der Waals surface area contributed by atoms with Crippen molar-refractivity contribution in [2.45, 2.75) is 38.8 Å². The van der Waals surface area contributed by atoms with Crippen molar-refractivity contribution in [2.24, 2.45) is 0 Å². The lowest BCUT2D eigenvalue weighted by molar-refractivity contribution is 0.0694. The van der Waals surface area contributed by atoms with Crippen LogP contribution in [-0.2, 0) is 6.42 Å². The summed E-state index contributed by atoms with van der Waals surface area (Å²) in [6, 6.07) is 22.9. The van der Waals surface area contributed by atoms with Crippen molar-refractivity contribution in [3.8, 4) is 0 Å². The second-order valence-corrected chi connectivity index (χ2v) is 9.86. The summed E-state index contributed by atoms with van der Waals surface area (Å²) in [5.74, 6) is -0.308. The monoisotopic (exact) mass is 483 g/mol. The molecule has 0 radical (unpaired) electrons. The highest BCUT2D eigenvalue weighted by Gasteiger charge is 2.24. The molecule has 1 atom stereocenters. The minimum atomic E-state index is -0.995. The summed E-state index contributed by atoms with van der Waals surface area (Å²) in [6.07, 6.45) is 2.52. The van der Waals surface area contributed by atoms with Crippen LogP contribution in [0.15, 0.2) is 79.0 Å². The third-order valence-electron chi connectivity index (χ3n) is 6.17. The molecule has 0 saturated carbocycles. The molecule has 186 valence electrons. The van der Waals surface area contributed by atoms with Crippen LogP contribution in [-0.4, -0.2) is 40.5 Å². The molecule has 0 aliphatic heterocycles. The van der Waals surface area contributed by atoms with E-state index in [-0.39, 0.29) is 18.2 Å². The van der Waals surface area contributed by atoms with Crippen molar-refractivity contribution in [2.75, 3.05) is 13.1 Å². The minimum absolute atomic E-state index is 0.0319. The van der Waals surface area contributed by atoms with E-state index in [1.807, 2.05) is 30.3 Å². The van der Waals surface area contributed by atoms with Gasteiger partial charge in [0.1, 0.15) is 0 Å². The molecule has 6 heteroatoms. The molecule has 36 heavy (non-hydrogen) atoms. The molecule has 1 heterocycles. The Hall–Kier alpha value is -3.74. The summed E-state index contributed by atoms with van der Waals surface area (Å²) in [6.45, 7) is 6.14. The Bertz CT molecular complexity index is 1340. The molecule has 4 rings (SSSR count). The van der Waals surface area contributed by atoms with Gasteiger partial charge in [0.15, 0.2) is 5.78 Å². The average molecular weight is 484 g/mol.